The zero-order chi connectivity index (χ0) is 117. The Morgan fingerprint density at radius 3 is 0.893 bits per heavy atom. The number of aliphatic imine (C=N–C) groups is 10. The first-order valence-electron chi connectivity index (χ1n) is 52.6. The van der Waals surface area contributed by atoms with E-state index >= 15 is 0 Å². The molecule has 0 heterocycles. The number of nitrogens with zero attached hydrogens (tertiary/aromatic N) is 30. The molecule has 0 radical (unpaired) electrons. The van der Waals surface area contributed by atoms with E-state index in [-0.39, 0.29) is 23.9 Å². The highest BCUT2D eigenvalue weighted by atomic mass is 15.4. The van der Waals surface area contributed by atoms with Crippen molar-refractivity contribution in [3.8, 4) is 0 Å². The Morgan fingerprint density at radius 2 is 0.653 bits per heavy atom. The summed E-state index contributed by atoms with van der Waals surface area (Å²) in [4.78, 5) is 64.9. The summed E-state index contributed by atoms with van der Waals surface area (Å²) in [6.07, 6.45) is 25.6. The Morgan fingerprint density at radius 1 is 0.340 bits per heavy atom. The molecule has 4 fully saturated rings. The number of nitrogens with one attached hydrogen (secondary N) is 12. The van der Waals surface area contributed by atoms with Crippen molar-refractivity contribution in [1.82, 2.24) is 118 Å². The number of nitrogens with two attached hydrogens (primary N) is 8. The van der Waals surface area contributed by atoms with Gasteiger partial charge in [0.2, 0.25) is 0 Å². The van der Waals surface area contributed by atoms with Crippen molar-refractivity contribution in [2.24, 2.45) is 90.1 Å². The van der Waals surface area contributed by atoms with Crippen LogP contribution >= 0.6 is 0 Å². The number of rotatable bonds is 12. The van der Waals surface area contributed by atoms with Crippen molar-refractivity contribution in [2.45, 2.75) is 220 Å². The van der Waals surface area contributed by atoms with Gasteiger partial charge in [-0.2, -0.15) is 0 Å². The van der Waals surface area contributed by atoms with Crippen LogP contribution in [-0.2, 0) is 0 Å². The van der Waals surface area contributed by atoms with E-state index in [1.54, 1.807) is 16.5 Å². The highest BCUT2D eigenvalue weighted by Crippen LogP contribution is 2.23. The maximum Gasteiger partial charge on any atom is 0.392 e. The predicted molar refractivity (Wildman–Crippen MR) is 645 cm³/mol. The SMILES string of the molecule is CC(C)N=C(NC(N(C)C)=[N+](C)C)NC(C)C.CCCN=C(NCCC)NC(N(C)C)=[N+](C)C.CCN=C(NCC)NC(N(C)C)=[N+](C)C.CN(C)C(=NC(N(C)C)=[N+](C)C)N(C)C.CN(C)C(N)=NC(N)=[N+](C)C.CN(C)C(N=C(N)N)=[N+](C)C.CN(C)C(NC(=NC1CCCC1)NC1CCCC1)=[N+](C)C.CN(C)C(NC(=NC1CCCCC1)NC1CCCCC1)=[N+](C)C.CN=C(NC)NC(N(C)C)=[N+](C)C.NC(=[NH2+])N=C(N)N. The number of guanidine groups is 20. The summed E-state index contributed by atoms with van der Waals surface area (Å²) in [5, 5.41) is 45.1. The fourth-order valence-corrected chi connectivity index (χ4v) is 14.3. The second-order valence-corrected chi connectivity index (χ2v) is 40.9. The highest BCUT2D eigenvalue weighted by molar-refractivity contribution is 6.00. The molecule has 0 aromatic heterocycles. The molecular weight excluding hydrogens is 1900 g/mol. The molecule has 0 aromatic carbocycles. The largest absolute Gasteiger partial charge is 0.392 e. The van der Waals surface area contributed by atoms with Gasteiger partial charge in [-0.1, -0.05) is 78.1 Å². The van der Waals surface area contributed by atoms with Gasteiger partial charge in [0, 0.05) is 107 Å². The molecule has 0 amide bonds. The van der Waals surface area contributed by atoms with Crippen LogP contribution < -0.4 is 109 Å². The topological polar surface area (TPSA) is 538 Å². The predicted octanol–water partition coefficient (Wildman–Crippen LogP) is -3.36. The number of hydrogen-bond donors (Lipinski definition) is 20. The molecule has 0 saturated heterocycles. The molecule has 4 saturated carbocycles. The molecule has 150 heavy (non-hydrogen) atoms. The van der Waals surface area contributed by atoms with Gasteiger partial charge >= 0.3 is 59.6 Å². The normalized spacial score (nSPS) is 13.5. The molecule has 0 aliphatic heterocycles. The van der Waals surface area contributed by atoms with E-state index < -0.39 is 0 Å². The van der Waals surface area contributed by atoms with E-state index in [0.717, 1.165) is 128 Å². The maximum absolute atomic E-state index is 5.50. The van der Waals surface area contributed by atoms with Crippen LogP contribution in [0.3, 0.4) is 0 Å². The molecule has 872 valence electrons. The van der Waals surface area contributed by atoms with Crippen molar-refractivity contribution >= 4 is 119 Å². The van der Waals surface area contributed by atoms with Crippen molar-refractivity contribution in [3.63, 3.8) is 0 Å². The van der Waals surface area contributed by atoms with Crippen molar-refractivity contribution in [3.05, 3.63) is 0 Å². The third-order valence-corrected chi connectivity index (χ3v) is 20.8. The van der Waals surface area contributed by atoms with Gasteiger partial charge < -0.3 is 75.3 Å². The Kier molecular flexibility index (Phi) is 84.0. The molecule has 0 spiro atoms. The monoisotopic (exact) mass is 2130 g/mol. The van der Waals surface area contributed by atoms with E-state index in [0.29, 0.717) is 42.1 Å². The van der Waals surface area contributed by atoms with Crippen LogP contribution in [0.5, 0.6) is 0 Å². The van der Waals surface area contributed by atoms with Gasteiger partial charge in [0.15, 0.2) is 0 Å². The highest BCUT2D eigenvalue weighted by Gasteiger charge is 2.28. The first-order valence-corrected chi connectivity index (χ1v) is 52.6. The van der Waals surface area contributed by atoms with Gasteiger partial charge in [0.1, 0.15) is 0 Å². The summed E-state index contributed by atoms with van der Waals surface area (Å²) in [5.74, 6) is 14.5. The molecule has 0 atom stereocenters. The number of hydrogen-bond acceptors (Lipinski definition) is 6. The van der Waals surface area contributed by atoms with E-state index in [1.165, 1.54) is 116 Å². The van der Waals surface area contributed by atoms with Gasteiger partial charge in [0.05, 0.1) is 252 Å². The van der Waals surface area contributed by atoms with Crippen LogP contribution in [0.25, 0.3) is 0 Å². The smallest absolute Gasteiger partial charge is 0.356 e. The molecule has 0 unspecified atom stereocenters. The Balaban J connectivity index is -0.000000389. The maximum atomic E-state index is 5.50. The molecule has 50 nitrogen and oxygen atoms in total. The average Bonchev–Trinajstić information content (AvgIpc) is 1.55. The van der Waals surface area contributed by atoms with Crippen LogP contribution in [0.15, 0.2) is 49.9 Å². The van der Waals surface area contributed by atoms with Crippen LogP contribution in [-0.4, -0.2) is 573 Å². The lowest BCUT2D eigenvalue weighted by molar-refractivity contribution is -0.471. The summed E-state index contributed by atoms with van der Waals surface area (Å²) in [6, 6.07) is 2.74. The molecule has 4 rings (SSSR count). The molecule has 0 aromatic rings. The van der Waals surface area contributed by atoms with E-state index in [1.807, 2.05) is 306 Å². The fourth-order valence-electron chi connectivity index (χ4n) is 14.3. The Labute approximate surface area is 911 Å². The van der Waals surface area contributed by atoms with Gasteiger partial charge in [-0.3, -0.25) is 97.3 Å². The lowest BCUT2D eigenvalue weighted by Crippen LogP contribution is -2.52. The van der Waals surface area contributed by atoms with E-state index in [9.17, 15) is 0 Å². The summed E-state index contributed by atoms with van der Waals surface area (Å²) < 4.78 is 17.8. The van der Waals surface area contributed by atoms with Gasteiger partial charge in [0.25, 0.3) is 59.6 Å². The van der Waals surface area contributed by atoms with Crippen molar-refractivity contribution < 1.29 is 46.6 Å². The lowest BCUT2D eigenvalue weighted by Gasteiger charge is -2.26. The minimum absolute atomic E-state index is 0.0717. The quantitative estimate of drug-likeness (QED) is 0.0515. The standard InChI is InChI=1S/C18H35N5.C16H31N5.2C12H27N5.C10H24N5.C10H23N5.C8H19N5.2C6H15N5.C2H7N5/c1-22(2)18(23(3)4)21-17(19-15-11-7-5-8-12-15)20-16-13-9-6-10-14-16;1-20(2)16(21(3)4)19-15(17-13-9-5-6-10-13)18-14-11-7-8-12-14;1-9(2)13-11(14-10(3)4)15-12(16(5)6)17(7)8;1-7-9-13-11(14-10-8-2)15-12(16(3)4)17(5)6;1-12(2)9(13(3)4)11-10(14(5)6)15(7)8;1-7-11-9(12-8-2)13-10(14(3)4)15(5)6;1-9-7(10-2)11-8(12(3)4)13(5)6;1-10(2)5(7)9-6(8)11(3)4;1-10(2)6(11(3)4)9-5(7)8;3-1(4)7-2(5)6/h15-16H,5-14H2,1-4H3,(H,19,20);13-14H,5-12H2,1-4H3,(H,17,18);9-10H,1-8H3,(H,13,14);7-10H2,1-6H3,(H,13,14);1-8H3;7-8H2,1-6H3,(H,11,12);1-6H3,(H,9,10);1-4H3,(H3,7,8,9);1-4H3,(H3,7,8);(H7,3,4,5,6,7)/q;;;;+1;;;;;/p+9. The molecule has 0 bridgehead atoms. The van der Waals surface area contributed by atoms with Gasteiger partial charge in [-0.15, -0.1) is 0 Å². The first kappa shape index (κ1) is 148. The lowest BCUT2D eigenvalue weighted by atomic mass is 9.95. The molecule has 4 aliphatic rings. The zero-order valence-corrected chi connectivity index (χ0v) is 104. The molecule has 28 N–H and O–H groups in total. The molecule has 50 heteroatoms. The summed E-state index contributed by atoms with van der Waals surface area (Å²) in [7, 11) is 82.7. The van der Waals surface area contributed by atoms with Crippen LogP contribution in [0.2, 0.25) is 0 Å². The van der Waals surface area contributed by atoms with Crippen molar-refractivity contribution in [2.75, 3.05) is 322 Å². The molecular formula is C100H232N50+10. The van der Waals surface area contributed by atoms with Crippen LogP contribution in [0.1, 0.15) is 184 Å². The van der Waals surface area contributed by atoms with Crippen LogP contribution in [0, 0.1) is 0 Å². The summed E-state index contributed by atoms with van der Waals surface area (Å²) in [6.45, 7) is 20.1. The van der Waals surface area contributed by atoms with E-state index in [2.05, 4.69) is 228 Å². The average molecular weight is 2140 g/mol. The minimum Gasteiger partial charge on any atom is -0.356 e. The minimum atomic E-state index is -0.125. The summed E-state index contributed by atoms with van der Waals surface area (Å²) >= 11 is 0. The van der Waals surface area contributed by atoms with Gasteiger partial charge in [-0.05, 0) is 126 Å². The second kappa shape index (κ2) is 85.1. The third-order valence-electron chi connectivity index (χ3n) is 20.8. The van der Waals surface area contributed by atoms with Crippen LogP contribution in [0.4, 0.5) is 0 Å². The van der Waals surface area contributed by atoms with E-state index in [4.69, 9.17) is 55.5 Å². The Hall–Kier alpha value is -12.6. The first-order chi connectivity index (χ1) is 69.7. The molecule has 4 aliphatic carbocycles. The summed E-state index contributed by atoms with van der Waals surface area (Å²) in [5.41, 5.74) is 36.0. The third kappa shape index (κ3) is 76.0. The second-order valence-electron chi connectivity index (χ2n) is 40.9. The zero-order valence-electron chi connectivity index (χ0n) is 104. The van der Waals surface area contributed by atoms with Crippen molar-refractivity contribution in [1.29, 1.82) is 0 Å². The van der Waals surface area contributed by atoms with Gasteiger partial charge in [-0.25, -0.2) is 61.9 Å². The fraction of sp³-hybridized carbons (Fsp3) is 0.800. The Bertz CT molecular complexity index is 4300.